The molecule has 7 heteroatoms. The summed E-state index contributed by atoms with van der Waals surface area (Å²) in [6.45, 7) is 8.26. The van der Waals surface area contributed by atoms with Crippen LogP contribution in [0.3, 0.4) is 0 Å². The molecule has 51 heavy (non-hydrogen) atoms. The van der Waals surface area contributed by atoms with Crippen LogP contribution in [0.15, 0.2) is 152 Å². The molecule has 1 fully saturated rings. The van der Waals surface area contributed by atoms with Crippen LogP contribution in [0.4, 0.5) is 0 Å². The van der Waals surface area contributed by atoms with Crippen LogP contribution >= 0.6 is 0 Å². The third kappa shape index (κ3) is 6.62. The van der Waals surface area contributed by atoms with Gasteiger partial charge in [0.2, 0.25) is 0 Å². The molecule has 0 bridgehead atoms. The third-order valence-electron chi connectivity index (χ3n) is 9.83. The fourth-order valence-corrected chi connectivity index (χ4v) is 6.19. The molecule has 248 valence electrons. The van der Waals surface area contributed by atoms with E-state index in [1.54, 1.807) is 0 Å². The molecule has 1 saturated heterocycles. The molecule has 0 atom stereocenters. The summed E-state index contributed by atoms with van der Waals surface area (Å²) >= 11 is 0. The molecule has 0 N–H and O–H groups in total. The fraction of sp³-hybridized carbons (Fsp3) is 0.136. The van der Waals surface area contributed by atoms with Gasteiger partial charge < -0.3 is 9.31 Å². The van der Waals surface area contributed by atoms with Crippen LogP contribution < -0.4 is 5.46 Å². The molecule has 6 nitrogen and oxygen atoms in total. The monoisotopic (exact) mass is 664 g/mol. The van der Waals surface area contributed by atoms with E-state index < -0.39 is 18.3 Å². The lowest BCUT2D eigenvalue weighted by Gasteiger charge is -2.32. The molecule has 7 aromatic rings. The number of aromatic nitrogens is 4. The molecular formula is C44H37BN4O2. The van der Waals surface area contributed by atoms with Crippen molar-refractivity contribution >= 4 is 12.6 Å². The Morgan fingerprint density at radius 2 is 0.843 bits per heavy atom. The summed E-state index contributed by atoms with van der Waals surface area (Å²) in [6, 6.07) is 49.6. The number of hydrogen-bond acceptors (Lipinski definition) is 6. The van der Waals surface area contributed by atoms with Gasteiger partial charge in [0, 0.05) is 28.5 Å². The van der Waals surface area contributed by atoms with E-state index in [1.165, 1.54) is 0 Å². The number of nitrogens with zero attached hydrogens (tertiary/aromatic N) is 4. The van der Waals surface area contributed by atoms with Gasteiger partial charge in [0.15, 0.2) is 17.5 Å². The fourth-order valence-electron chi connectivity index (χ4n) is 6.19. The van der Waals surface area contributed by atoms with Gasteiger partial charge in [0.25, 0.3) is 0 Å². The molecule has 0 amide bonds. The third-order valence-corrected chi connectivity index (χ3v) is 9.83. The van der Waals surface area contributed by atoms with Crippen molar-refractivity contribution in [3.05, 3.63) is 152 Å². The molecular weight excluding hydrogens is 627 g/mol. The molecule has 0 saturated carbocycles. The highest BCUT2D eigenvalue weighted by Gasteiger charge is 2.51. The molecule has 0 radical (unpaired) electrons. The lowest BCUT2D eigenvalue weighted by Crippen LogP contribution is -2.41. The number of pyridine rings is 1. The van der Waals surface area contributed by atoms with Gasteiger partial charge in [0.05, 0.1) is 16.9 Å². The minimum absolute atomic E-state index is 0.391. The van der Waals surface area contributed by atoms with Crippen LogP contribution in [0.1, 0.15) is 27.7 Å². The first kappa shape index (κ1) is 32.4. The van der Waals surface area contributed by atoms with Crippen molar-refractivity contribution < 1.29 is 9.31 Å². The molecule has 1 aliphatic heterocycles. The van der Waals surface area contributed by atoms with Crippen LogP contribution in [0, 0.1) is 0 Å². The van der Waals surface area contributed by atoms with Crippen LogP contribution in [0.5, 0.6) is 0 Å². The first-order chi connectivity index (χ1) is 24.7. The lowest BCUT2D eigenvalue weighted by atomic mass is 9.79. The highest BCUT2D eigenvalue weighted by Crippen LogP contribution is 2.37. The predicted octanol–water partition coefficient (Wildman–Crippen LogP) is 9.57. The maximum atomic E-state index is 6.24. The molecule has 3 heterocycles. The van der Waals surface area contributed by atoms with Gasteiger partial charge in [0.1, 0.15) is 0 Å². The summed E-state index contributed by atoms with van der Waals surface area (Å²) in [5.41, 5.74) is 9.08. The van der Waals surface area contributed by atoms with Crippen molar-refractivity contribution in [3.63, 3.8) is 0 Å². The molecule has 0 unspecified atom stereocenters. The van der Waals surface area contributed by atoms with Gasteiger partial charge in [-0.2, -0.15) is 0 Å². The summed E-state index contributed by atoms with van der Waals surface area (Å²) < 4.78 is 12.5. The van der Waals surface area contributed by atoms with Crippen molar-refractivity contribution in [1.29, 1.82) is 0 Å². The van der Waals surface area contributed by atoms with E-state index in [4.69, 9.17) is 29.2 Å². The Bertz CT molecular complexity index is 2220. The molecule has 5 aromatic carbocycles. The Hall–Kier alpha value is -5.76. The quantitative estimate of drug-likeness (QED) is 0.158. The first-order valence-electron chi connectivity index (χ1n) is 17.2. The van der Waals surface area contributed by atoms with E-state index in [-0.39, 0.29) is 0 Å². The molecule has 2 aromatic heterocycles. The maximum absolute atomic E-state index is 6.24. The van der Waals surface area contributed by atoms with Crippen molar-refractivity contribution in [2.45, 2.75) is 38.9 Å². The minimum Gasteiger partial charge on any atom is -0.399 e. The second-order valence-corrected chi connectivity index (χ2v) is 13.8. The van der Waals surface area contributed by atoms with Crippen molar-refractivity contribution in [1.82, 2.24) is 19.9 Å². The van der Waals surface area contributed by atoms with Crippen LogP contribution in [0.2, 0.25) is 0 Å². The summed E-state index contributed by atoms with van der Waals surface area (Å²) in [5.74, 6) is 1.75. The normalized spacial score (nSPS) is 14.8. The molecule has 0 spiro atoms. The number of hydrogen-bond donors (Lipinski definition) is 0. The Balaban J connectivity index is 1.17. The largest absolute Gasteiger partial charge is 0.494 e. The second-order valence-electron chi connectivity index (χ2n) is 13.8. The minimum atomic E-state index is -0.409. The zero-order valence-corrected chi connectivity index (χ0v) is 29.1. The van der Waals surface area contributed by atoms with Gasteiger partial charge in [-0.25, -0.2) is 15.0 Å². The van der Waals surface area contributed by atoms with Gasteiger partial charge >= 0.3 is 7.12 Å². The Labute approximate surface area is 299 Å². The SMILES string of the molecule is CC1(C)OB(c2ccc(-c3ccc(-c4nc(-c5ccccc5)nc(-c5cc(-c6ccccc6)cc(-c6ccccc6)c5)n4)cn3)cc2)OC1(C)C. The first-order valence-corrected chi connectivity index (χ1v) is 17.2. The number of rotatable bonds is 7. The van der Waals surface area contributed by atoms with E-state index >= 15 is 0 Å². The Morgan fingerprint density at radius 3 is 1.33 bits per heavy atom. The van der Waals surface area contributed by atoms with Crippen molar-refractivity contribution in [3.8, 4) is 67.7 Å². The van der Waals surface area contributed by atoms with E-state index in [9.17, 15) is 0 Å². The predicted molar refractivity (Wildman–Crippen MR) is 206 cm³/mol. The second kappa shape index (κ2) is 13.2. The van der Waals surface area contributed by atoms with E-state index in [0.29, 0.717) is 17.5 Å². The topological polar surface area (TPSA) is 70.0 Å². The van der Waals surface area contributed by atoms with Gasteiger partial charge in [-0.05, 0) is 85.7 Å². The zero-order valence-electron chi connectivity index (χ0n) is 29.1. The number of benzene rings is 5. The maximum Gasteiger partial charge on any atom is 0.494 e. The summed E-state index contributed by atoms with van der Waals surface area (Å²) in [4.78, 5) is 19.9. The van der Waals surface area contributed by atoms with Crippen molar-refractivity contribution in [2.75, 3.05) is 0 Å². The summed E-state index contributed by atoms with van der Waals surface area (Å²) in [5, 5.41) is 0. The van der Waals surface area contributed by atoms with E-state index in [1.807, 2.05) is 72.9 Å². The van der Waals surface area contributed by atoms with Crippen LogP contribution in [-0.2, 0) is 9.31 Å². The smallest absolute Gasteiger partial charge is 0.399 e. The van der Waals surface area contributed by atoms with Gasteiger partial charge in [-0.1, -0.05) is 115 Å². The molecule has 8 rings (SSSR count). The summed E-state index contributed by atoms with van der Waals surface area (Å²) in [6.07, 6.45) is 1.83. The Morgan fingerprint density at radius 1 is 0.412 bits per heavy atom. The van der Waals surface area contributed by atoms with Crippen LogP contribution in [0.25, 0.3) is 67.7 Å². The van der Waals surface area contributed by atoms with Gasteiger partial charge in [-0.15, -0.1) is 0 Å². The molecule has 1 aliphatic rings. The highest BCUT2D eigenvalue weighted by molar-refractivity contribution is 6.62. The average molecular weight is 665 g/mol. The lowest BCUT2D eigenvalue weighted by molar-refractivity contribution is 0.00578. The molecule has 0 aliphatic carbocycles. The van der Waals surface area contributed by atoms with Crippen molar-refractivity contribution in [2.24, 2.45) is 0 Å². The standard InChI is InChI=1S/C44H37BN4O2/c1-43(2)44(3,4)51-45(50-43)38-23-20-32(21-24-38)39-25-22-34(29-46-39)41-47-40(33-18-12-7-13-19-33)48-42(49-41)37-27-35(30-14-8-5-9-15-30)26-36(28-37)31-16-10-6-11-17-31/h5-29H,1-4H3. The highest BCUT2D eigenvalue weighted by atomic mass is 16.7. The van der Waals surface area contributed by atoms with E-state index in [0.717, 1.165) is 55.7 Å². The Kier molecular flexibility index (Phi) is 8.38. The summed E-state index contributed by atoms with van der Waals surface area (Å²) in [7, 11) is -0.409. The average Bonchev–Trinajstić information content (AvgIpc) is 3.41. The van der Waals surface area contributed by atoms with Crippen LogP contribution in [-0.4, -0.2) is 38.3 Å². The van der Waals surface area contributed by atoms with Gasteiger partial charge in [-0.3, -0.25) is 4.98 Å². The van der Waals surface area contributed by atoms with E-state index in [2.05, 4.69) is 107 Å². The zero-order chi connectivity index (χ0) is 35.0.